The Kier molecular flexibility index (Phi) is 7.30. The van der Waals surface area contributed by atoms with Gasteiger partial charge < -0.3 is 4.48 Å². The van der Waals surface area contributed by atoms with Crippen LogP contribution in [0.4, 0.5) is 26.3 Å². The number of rotatable bonds is 4. The van der Waals surface area contributed by atoms with E-state index in [-0.39, 0.29) is 0 Å². The molecule has 0 amide bonds. The van der Waals surface area contributed by atoms with Crippen LogP contribution >= 0.6 is 0 Å². The minimum Gasteiger partial charge on any atom is -0.323 e. The van der Waals surface area contributed by atoms with Gasteiger partial charge in [0.25, 0.3) is 0 Å². The van der Waals surface area contributed by atoms with Crippen LogP contribution in [-0.4, -0.2) is 59.0 Å². The van der Waals surface area contributed by atoms with Gasteiger partial charge in [0.05, 0.1) is 26.7 Å². The quantitative estimate of drug-likeness (QED) is 0.437. The van der Waals surface area contributed by atoms with Crippen molar-refractivity contribution >= 4 is 20.0 Å². The van der Waals surface area contributed by atoms with Gasteiger partial charge in [-0.1, -0.05) is 10.7 Å². The molecule has 14 heteroatoms. The fourth-order valence-corrected chi connectivity index (χ4v) is 3.74. The predicted octanol–water partition coefficient (Wildman–Crippen LogP) is 1.69. The van der Waals surface area contributed by atoms with Crippen LogP contribution in [0.1, 0.15) is 12.8 Å². The van der Waals surface area contributed by atoms with Gasteiger partial charge in [-0.25, -0.2) is 16.8 Å². The molecule has 0 radical (unpaired) electrons. The zero-order chi connectivity index (χ0) is 19.4. The molecular formula is C10H17F6N2O4S2+. The van der Waals surface area contributed by atoms with E-state index in [1.807, 2.05) is 6.08 Å². The lowest BCUT2D eigenvalue weighted by Gasteiger charge is -2.27. The number of likely N-dealkylation sites (N-methyl/N-ethyl adjacent to an activating group) is 1. The number of sulfonamides is 2. The maximum absolute atomic E-state index is 11.5. The van der Waals surface area contributed by atoms with E-state index in [4.69, 9.17) is 0 Å². The summed E-state index contributed by atoms with van der Waals surface area (Å²) in [5.41, 5.74) is -12.3. The Morgan fingerprint density at radius 2 is 1.29 bits per heavy atom. The zero-order valence-corrected chi connectivity index (χ0v) is 14.1. The Bertz CT molecular complexity index is 591. The molecule has 1 saturated heterocycles. The fourth-order valence-electron chi connectivity index (χ4n) is 1.83. The van der Waals surface area contributed by atoms with Gasteiger partial charge in [-0.2, -0.15) is 26.3 Å². The van der Waals surface area contributed by atoms with Crippen molar-refractivity contribution in [2.45, 2.75) is 23.9 Å². The summed E-state index contributed by atoms with van der Waals surface area (Å²) in [4.78, 5) is 0. The highest BCUT2D eigenvalue weighted by Crippen LogP contribution is 2.27. The van der Waals surface area contributed by atoms with Crippen LogP contribution in [0.15, 0.2) is 12.7 Å². The molecule has 144 valence electrons. The molecule has 1 aliphatic rings. The van der Waals surface area contributed by atoms with Crippen molar-refractivity contribution in [1.29, 1.82) is 0 Å². The van der Waals surface area contributed by atoms with Crippen molar-refractivity contribution in [1.82, 2.24) is 4.13 Å². The van der Waals surface area contributed by atoms with E-state index in [2.05, 4.69) is 13.6 Å². The number of hydrogen-bond acceptors (Lipinski definition) is 4. The second-order valence-corrected chi connectivity index (χ2v) is 8.83. The first-order chi connectivity index (χ1) is 10.5. The SMILES string of the molecule is C=CC[N+]1(C)CCCC1.O=S(=O)(NS(=O)(=O)C(F)(F)F)C(F)(F)F. The molecule has 24 heavy (non-hydrogen) atoms. The monoisotopic (exact) mass is 407 g/mol. The van der Waals surface area contributed by atoms with Gasteiger partial charge in [0.2, 0.25) is 0 Å². The van der Waals surface area contributed by atoms with Crippen LogP contribution in [0.5, 0.6) is 0 Å². The number of hydrogen-bond donors (Lipinski definition) is 1. The van der Waals surface area contributed by atoms with Crippen LogP contribution in [0.25, 0.3) is 0 Å². The predicted molar refractivity (Wildman–Crippen MR) is 73.3 cm³/mol. The first-order valence-corrected chi connectivity index (χ1v) is 9.30. The minimum absolute atomic E-state index is 0.493. The molecule has 1 aliphatic heterocycles. The summed E-state index contributed by atoms with van der Waals surface area (Å²) < 4.78 is 110. The first kappa shape index (κ1) is 23.1. The molecular weight excluding hydrogens is 390 g/mol. The maximum atomic E-state index is 11.5. The number of halogens is 6. The molecule has 0 atom stereocenters. The lowest BCUT2D eigenvalue weighted by molar-refractivity contribution is -0.891. The molecule has 0 unspecified atom stereocenters. The molecule has 0 saturated carbocycles. The average molecular weight is 407 g/mol. The molecule has 1 N–H and O–H groups in total. The summed E-state index contributed by atoms with van der Waals surface area (Å²) in [6.07, 6.45) is 4.85. The van der Waals surface area contributed by atoms with Crippen molar-refractivity contribution in [3.8, 4) is 0 Å². The Morgan fingerprint density at radius 3 is 1.54 bits per heavy atom. The van der Waals surface area contributed by atoms with Crippen molar-refractivity contribution in [3.05, 3.63) is 12.7 Å². The van der Waals surface area contributed by atoms with Gasteiger partial charge in [-0.15, -0.1) is 0 Å². The van der Waals surface area contributed by atoms with E-state index in [1.165, 1.54) is 30.4 Å². The Morgan fingerprint density at radius 1 is 0.958 bits per heavy atom. The van der Waals surface area contributed by atoms with Crippen LogP contribution in [-0.2, 0) is 20.0 Å². The third-order valence-corrected chi connectivity index (χ3v) is 6.02. The molecule has 6 nitrogen and oxygen atoms in total. The van der Waals surface area contributed by atoms with Gasteiger partial charge >= 0.3 is 31.1 Å². The maximum Gasteiger partial charge on any atom is 0.512 e. The van der Waals surface area contributed by atoms with Gasteiger partial charge in [0.15, 0.2) is 0 Å². The highest BCUT2D eigenvalue weighted by molar-refractivity contribution is 8.05. The van der Waals surface area contributed by atoms with Crippen molar-refractivity contribution in [2.24, 2.45) is 0 Å². The molecule has 0 aromatic rings. The number of nitrogens with zero attached hydrogens (tertiary/aromatic N) is 1. The highest BCUT2D eigenvalue weighted by Gasteiger charge is 2.55. The van der Waals surface area contributed by atoms with Gasteiger partial charge in [0, 0.05) is 12.8 Å². The van der Waals surface area contributed by atoms with Crippen molar-refractivity contribution < 1.29 is 47.7 Å². The van der Waals surface area contributed by atoms with E-state index in [0.717, 1.165) is 6.54 Å². The van der Waals surface area contributed by atoms with E-state index in [9.17, 15) is 43.2 Å². The number of nitrogens with one attached hydrogen (secondary N) is 1. The second kappa shape index (κ2) is 7.58. The van der Waals surface area contributed by atoms with E-state index >= 15 is 0 Å². The lowest BCUT2D eigenvalue weighted by Crippen LogP contribution is -2.45. The summed E-state index contributed by atoms with van der Waals surface area (Å²) in [6, 6.07) is 0. The number of alkyl halides is 6. The largest absolute Gasteiger partial charge is 0.512 e. The first-order valence-electron chi connectivity index (χ1n) is 6.33. The van der Waals surface area contributed by atoms with Crippen molar-refractivity contribution in [3.63, 3.8) is 0 Å². The number of likely N-dealkylation sites (tertiary alicyclic amines) is 1. The summed E-state index contributed by atoms with van der Waals surface area (Å²) in [5, 5.41) is 0. The van der Waals surface area contributed by atoms with Crippen LogP contribution in [0.3, 0.4) is 0 Å². The summed E-state index contributed by atoms with van der Waals surface area (Å²) in [5.74, 6) is 0. The molecule has 0 bridgehead atoms. The molecule has 0 spiro atoms. The Hall–Kier alpha value is -0.860. The fraction of sp³-hybridized carbons (Fsp3) is 0.800. The zero-order valence-electron chi connectivity index (χ0n) is 12.5. The third-order valence-electron chi connectivity index (χ3n) is 3.04. The summed E-state index contributed by atoms with van der Waals surface area (Å²) in [7, 11) is -10.9. The molecule has 1 rings (SSSR count). The molecule has 0 aromatic heterocycles. The molecule has 1 fully saturated rings. The summed E-state index contributed by atoms with van der Waals surface area (Å²) >= 11 is 0. The van der Waals surface area contributed by atoms with Crippen LogP contribution < -0.4 is 4.13 Å². The van der Waals surface area contributed by atoms with Crippen molar-refractivity contribution in [2.75, 3.05) is 26.7 Å². The minimum atomic E-state index is -6.60. The number of quaternary nitrogens is 1. The van der Waals surface area contributed by atoms with Gasteiger partial charge in [-0.3, -0.25) is 0 Å². The highest BCUT2D eigenvalue weighted by atomic mass is 32.3. The van der Waals surface area contributed by atoms with Gasteiger partial charge in [-0.05, 0) is 6.08 Å². The Balaban J connectivity index is 0.000000496. The normalized spacial score (nSPS) is 18.6. The smallest absolute Gasteiger partial charge is 0.323 e. The third kappa shape index (κ3) is 6.57. The van der Waals surface area contributed by atoms with Crippen LogP contribution in [0.2, 0.25) is 0 Å². The van der Waals surface area contributed by atoms with E-state index in [0.29, 0.717) is 0 Å². The average Bonchev–Trinajstić information content (AvgIpc) is 2.72. The molecule has 0 aliphatic carbocycles. The lowest BCUT2D eigenvalue weighted by atomic mass is 10.4. The Labute approximate surface area is 135 Å². The van der Waals surface area contributed by atoms with E-state index < -0.39 is 35.2 Å². The standard InChI is InChI=1S/C8H16N.C2HF6NO4S2/c1-3-6-9(2)7-4-5-8-9;3-1(4,5)14(10,11)9-15(12,13)2(6,7)8/h3H,1,4-8H2,2H3;9H/q+1;. The van der Waals surface area contributed by atoms with Crippen LogP contribution in [0, 0.1) is 0 Å². The van der Waals surface area contributed by atoms with Gasteiger partial charge in [0.1, 0.15) is 0 Å². The summed E-state index contributed by atoms with van der Waals surface area (Å²) in [6.45, 7) is 7.61. The second-order valence-electron chi connectivity index (χ2n) is 5.23. The topological polar surface area (TPSA) is 80.3 Å². The van der Waals surface area contributed by atoms with E-state index in [1.54, 1.807) is 0 Å². The molecule has 0 aromatic carbocycles. The molecule has 1 heterocycles.